The number of benzene rings is 2. The quantitative estimate of drug-likeness (QED) is 0.736. The second-order valence-corrected chi connectivity index (χ2v) is 6.08. The highest BCUT2D eigenvalue weighted by atomic mass is 16.5. The van der Waals surface area contributed by atoms with Gasteiger partial charge in [-0.15, -0.1) is 0 Å². The fraction of sp³-hybridized carbons (Fsp3) is 0.263. The van der Waals surface area contributed by atoms with Gasteiger partial charge in [-0.2, -0.15) is 4.98 Å². The van der Waals surface area contributed by atoms with E-state index in [0.717, 1.165) is 36.4 Å². The van der Waals surface area contributed by atoms with Crippen LogP contribution in [0.25, 0.3) is 22.8 Å². The van der Waals surface area contributed by atoms with Crippen LogP contribution in [-0.2, 0) is 0 Å². The smallest absolute Gasteiger partial charge is 0.262 e. The van der Waals surface area contributed by atoms with Crippen molar-refractivity contribution in [1.82, 2.24) is 15.0 Å². The van der Waals surface area contributed by atoms with Gasteiger partial charge in [-0.1, -0.05) is 47.6 Å². The molecule has 2 heterocycles. The standard InChI is InChI=1S/C19H19N3O2/c1-22-12-11-15(13-22)23-17-10-6-5-9-16(17)19-20-18(21-24-19)14-7-3-2-4-8-14/h2-10,15H,11-13H2,1H3. The highest BCUT2D eigenvalue weighted by Crippen LogP contribution is 2.31. The molecule has 4 rings (SSSR count). The monoisotopic (exact) mass is 321 g/mol. The van der Waals surface area contributed by atoms with E-state index in [9.17, 15) is 0 Å². The lowest BCUT2D eigenvalue weighted by atomic mass is 10.2. The van der Waals surface area contributed by atoms with E-state index in [1.165, 1.54) is 0 Å². The molecule has 1 aliphatic heterocycles. The average Bonchev–Trinajstić information content (AvgIpc) is 3.26. The van der Waals surface area contributed by atoms with E-state index in [4.69, 9.17) is 9.26 Å². The van der Waals surface area contributed by atoms with Gasteiger partial charge in [0.1, 0.15) is 11.9 Å². The Bertz CT molecular complexity index is 816. The van der Waals surface area contributed by atoms with E-state index in [2.05, 4.69) is 22.1 Å². The molecule has 1 saturated heterocycles. The lowest BCUT2D eigenvalue weighted by Crippen LogP contribution is -2.21. The molecule has 3 aromatic rings. The Morgan fingerprint density at radius 2 is 1.88 bits per heavy atom. The van der Waals surface area contributed by atoms with Crippen molar-refractivity contribution in [2.24, 2.45) is 0 Å². The molecule has 5 nitrogen and oxygen atoms in total. The Labute approximate surface area is 140 Å². The molecule has 24 heavy (non-hydrogen) atoms. The number of likely N-dealkylation sites (N-methyl/N-ethyl adjacent to an activating group) is 1. The van der Waals surface area contributed by atoms with Crippen molar-refractivity contribution < 1.29 is 9.26 Å². The lowest BCUT2D eigenvalue weighted by Gasteiger charge is -2.15. The molecule has 0 saturated carbocycles. The maximum Gasteiger partial charge on any atom is 0.262 e. The van der Waals surface area contributed by atoms with Crippen molar-refractivity contribution in [3.8, 4) is 28.6 Å². The maximum absolute atomic E-state index is 6.18. The fourth-order valence-electron chi connectivity index (χ4n) is 2.95. The van der Waals surface area contributed by atoms with Gasteiger partial charge >= 0.3 is 0 Å². The van der Waals surface area contributed by atoms with Gasteiger partial charge in [-0.3, -0.25) is 0 Å². The minimum absolute atomic E-state index is 0.202. The van der Waals surface area contributed by atoms with Crippen molar-refractivity contribution in [3.63, 3.8) is 0 Å². The number of para-hydroxylation sites is 1. The first-order valence-corrected chi connectivity index (χ1v) is 8.13. The number of rotatable bonds is 4. The molecule has 1 aromatic heterocycles. The van der Waals surface area contributed by atoms with Gasteiger partial charge in [0.25, 0.3) is 5.89 Å². The molecule has 1 unspecified atom stereocenters. The van der Waals surface area contributed by atoms with E-state index in [1.54, 1.807) is 0 Å². The van der Waals surface area contributed by atoms with E-state index >= 15 is 0 Å². The Kier molecular flexibility index (Phi) is 4.01. The Morgan fingerprint density at radius 3 is 2.67 bits per heavy atom. The highest BCUT2D eigenvalue weighted by molar-refractivity contribution is 5.65. The summed E-state index contributed by atoms with van der Waals surface area (Å²) in [6, 6.07) is 17.6. The van der Waals surface area contributed by atoms with Gasteiger partial charge < -0.3 is 14.2 Å². The molecule has 122 valence electrons. The topological polar surface area (TPSA) is 51.4 Å². The van der Waals surface area contributed by atoms with Crippen LogP contribution in [0.5, 0.6) is 5.75 Å². The fourth-order valence-corrected chi connectivity index (χ4v) is 2.95. The minimum atomic E-state index is 0.202. The third kappa shape index (κ3) is 3.03. The number of nitrogens with zero attached hydrogens (tertiary/aromatic N) is 3. The minimum Gasteiger partial charge on any atom is -0.488 e. The molecule has 0 radical (unpaired) electrons. The molecular weight excluding hydrogens is 302 g/mol. The van der Waals surface area contributed by atoms with Crippen LogP contribution in [0.1, 0.15) is 6.42 Å². The summed E-state index contributed by atoms with van der Waals surface area (Å²) >= 11 is 0. The van der Waals surface area contributed by atoms with Crippen LogP contribution in [0, 0.1) is 0 Å². The third-order valence-electron chi connectivity index (χ3n) is 4.22. The molecule has 1 atom stereocenters. The Balaban J connectivity index is 1.62. The SMILES string of the molecule is CN1CCC(Oc2ccccc2-c2nc(-c3ccccc3)no2)C1. The van der Waals surface area contributed by atoms with E-state index in [1.807, 2.05) is 54.6 Å². The second kappa shape index (κ2) is 6.45. The lowest BCUT2D eigenvalue weighted by molar-refractivity contribution is 0.208. The second-order valence-electron chi connectivity index (χ2n) is 6.08. The number of aromatic nitrogens is 2. The zero-order valence-corrected chi connectivity index (χ0v) is 13.6. The summed E-state index contributed by atoms with van der Waals surface area (Å²) < 4.78 is 11.7. The highest BCUT2D eigenvalue weighted by Gasteiger charge is 2.23. The summed E-state index contributed by atoms with van der Waals surface area (Å²) in [6.07, 6.45) is 1.23. The molecule has 2 aromatic carbocycles. The molecule has 1 aliphatic rings. The van der Waals surface area contributed by atoms with Crippen molar-refractivity contribution in [2.75, 3.05) is 20.1 Å². The predicted octanol–water partition coefficient (Wildman–Crippen LogP) is 3.49. The van der Waals surface area contributed by atoms with Gasteiger partial charge in [-0.05, 0) is 25.6 Å². The van der Waals surface area contributed by atoms with Crippen molar-refractivity contribution in [2.45, 2.75) is 12.5 Å². The summed E-state index contributed by atoms with van der Waals surface area (Å²) in [5, 5.41) is 4.10. The van der Waals surface area contributed by atoms with E-state index < -0.39 is 0 Å². The van der Waals surface area contributed by atoms with Gasteiger partial charge in [0.15, 0.2) is 0 Å². The van der Waals surface area contributed by atoms with E-state index in [-0.39, 0.29) is 6.10 Å². The van der Waals surface area contributed by atoms with Crippen LogP contribution in [-0.4, -0.2) is 41.3 Å². The maximum atomic E-state index is 6.18. The van der Waals surface area contributed by atoms with Gasteiger partial charge in [-0.25, -0.2) is 0 Å². The van der Waals surface area contributed by atoms with Crippen molar-refractivity contribution in [3.05, 3.63) is 54.6 Å². The van der Waals surface area contributed by atoms with Crippen LogP contribution in [0.3, 0.4) is 0 Å². The molecule has 0 spiro atoms. The molecule has 5 heteroatoms. The first-order valence-electron chi connectivity index (χ1n) is 8.13. The van der Waals surface area contributed by atoms with Crippen LogP contribution in [0.4, 0.5) is 0 Å². The molecule has 0 aliphatic carbocycles. The van der Waals surface area contributed by atoms with Crippen LogP contribution >= 0.6 is 0 Å². The Morgan fingerprint density at radius 1 is 1.08 bits per heavy atom. The number of hydrogen-bond donors (Lipinski definition) is 0. The van der Waals surface area contributed by atoms with Crippen LogP contribution in [0.15, 0.2) is 59.1 Å². The zero-order valence-electron chi connectivity index (χ0n) is 13.6. The first-order chi connectivity index (χ1) is 11.8. The van der Waals surface area contributed by atoms with Gasteiger partial charge in [0.2, 0.25) is 5.82 Å². The molecule has 0 N–H and O–H groups in total. The van der Waals surface area contributed by atoms with E-state index in [0.29, 0.717) is 11.7 Å². The summed E-state index contributed by atoms with van der Waals surface area (Å²) in [7, 11) is 2.11. The summed E-state index contributed by atoms with van der Waals surface area (Å²) in [5.74, 6) is 1.86. The molecular formula is C19H19N3O2. The third-order valence-corrected chi connectivity index (χ3v) is 4.22. The first kappa shape index (κ1) is 14.9. The van der Waals surface area contributed by atoms with Crippen LogP contribution in [0.2, 0.25) is 0 Å². The molecule has 0 bridgehead atoms. The van der Waals surface area contributed by atoms with Crippen molar-refractivity contribution in [1.29, 1.82) is 0 Å². The molecule has 0 amide bonds. The Hall–Kier alpha value is -2.66. The molecule has 1 fully saturated rings. The zero-order chi connectivity index (χ0) is 16.4. The largest absolute Gasteiger partial charge is 0.488 e. The average molecular weight is 321 g/mol. The number of hydrogen-bond acceptors (Lipinski definition) is 5. The number of ether oxygens (including phenoxy) is 1. The van der Waals surface area contributed by atoms with Crippen LogP contribution < -0.4 is 4.74 Å². The summed E-state index contributed by atoms with van der Waals surface area (Å²) in [6.45, 7) is 2.00. The van der Waals surface area contributed by atoms with Crippen molar-refractivity contribution >= 4 is 0 Å². The number of likely N-dealkylation sites (tertiary alicyclic amines) is 1. The summed E-state index contributed by atoms with van der Waals surface area (Å²) in [5.41, 5.74) is 1.77. The van der Waals surface area contributed by atoms with Gasteiger partial charge in [0.05, 0.1) is 5.56 Å². The summed E-state index contributed by atoms with van der Waals surface area (Å²) in [4.78, 5) is 6.80. The predicted molar refractivity (Wildman–Crippen MR) is 91.7 cm³/mol. The van der Waals surface area contributed by atoms with Gasteiger partial charge in [0, 0.05) is 18.7 Å². The normalized spacial score (nSPS) is 18.0.